The Morgan fingerprint density at radius 1 is 0.895 bits per heavy atom. The van der Waals surface area contributed by atoms with Crippen LogP contribution in [0.5, 0.6) is 5.75 Å². The highest BCUT2D eigenvalue weighted by Gasteiger charge is 2.43. The van der Waals surface area contributed by atoms with E-state index in [0.29, 0.717) is 11.3 Å². The van der Waals surface area contributed by atoms with Gasteiger partial charge in [-0.25, -0.2) is 9.59 Å². The van der Waals surface area contributed by atoms with Gasteiger partial charge in [-0.05, 0) is 49.6 Å². The minimum atomic E-state index is -1.25. The molecule has 198 valence electrons. The fraction of sp³-hybridized carbons (Fsp3) is 0.300. The second kappa shape index (κ2) is 11.4. The largest absolute Gasteiger partial charge is 0.488 e. The maximum absolute atomic E-state index is 13.3. The van der Waals surface area contributed by atoms with E-state index in [1.165, 1.54) is 4.90 Å². The molecule has 4 rings (SSSR count). The third kappa shape index (κ3) is 6.70. The average molecular weight is 517 g/mol. The molecule has 1 saturated heterocycles. The monoisotopic (exact) mass is 516 g/mol. The maximum atomic E-state index is 13.3. The number of benzene rings is 3. The summed E-state index contributed by atoms with van der Waals surface area (Å²) in [7, 11) is 0. The number of likely N-dealkylation sites (tertiary alicyclic amines) is 1. The molecule has 0 aromatic heterocycles. The number of carbonyl (C=O) groups excluding carboxylic acids is 2. The number of nitrogens with one attached hydrogen (secondary N) is 1. The van der Waals surface area contributed by atoms with Crippen molar-refractivity contribution < 1.29 is 29.0 Å². The standard InChI is InChI=1S/C30H32N2O6/c1-30(2,3)38-29(36)32-19-24(37-23-16-14-21(15-17-23)20-10-6-4-7-11-20)18-25(32)27(33)31-26(28(34)35)22-12-8-5-9-13-22/h4-17,24-26H,18-19H2,1-3H3,(H,31,33)(H,34,35)/t24-,25-,26-/m0/s1. The van der Waals surface area contributed by atoms with Gasteiger partial charge >= 0.3 is 12.1 Å². The number of ether oxygens (including phenoxy) is 2. The Hall–Kier alpha value is -4.33. The second-order valence-electron chi connectivity index (χ2n) is 10.2. The van der Waals surface area contributed by atoms with Gasteiger partial charge in [-0.2, -0.15) is 0 Å². The van der Waals surface area contributed by atoms with E-state index in [-0.39, 0.29) is 13.0 Å². The summed E-state index contributed by atoms with van der Waals surface area (Å²) < 4.78 is 11.7. The van der Waals surface area contributed by atoms with E-state index in [0.717, 1.165) is 11.1 Å². The number of aliphatic carboxylic acids is 1. The normalized spacial score (nSPS) is 17.9. The average Bonchev–Trinajstić information content (AvgIpc) is 3.32. The topological polar surface area (TPSA) is 105 Å². The molecular weight excluding hydrogens is 484 g/mol. The zero-order chi connectivity index (χ0) is 27.3. The molecule has 1 aliphatic rings. The van der Waals surface area contributed by atoms with Crippen molar-refractivity contribution in [2.45, 2.75) is 51.0 Å². The number of amides is 2. The molecule has 0 spiro atoms. The van der Waals surface area contributed by atoms with Gasteiger partial charge in [-0.15, -0.1) is 0 Å². The third-order valence-corrected chi connectivity index (χ3v) is 6.12. The summed E-state index contributed by atoms with van der Waals surface area (Å²) in [6, 6.07) is 23.8. The molecule has 0 bridgehead atoms. The number of carboxylic acid groups (broad SMARTS) is 1. The van der Waals surface area contributed by atoms with Crippen LogP contribution in [0, 0.1) is 0 Å². The van der Waals surface area contributed by atoms with Gasteiger partial charge in [0.15, 0.2) is 6.04 Å². The fourth-order valence-electron chi connectivity index (χ4n) is 4.37. The minimum absolute atomic E-state index is 0.122. The molecule has 8 heteroatoms. The summed E-state index contributed by atoms with van der Waals surface area (Å²) in [5.74, 6) is -1.18. The Morgan fingerprint density at radius 2 is 1.47 bits per heavy atom. The molecule has 1 aliphatic heterocycles. The summed E-state index contributed by atoms with van der Waals surface area (Å²) in [4.78, 5) is 39.6. The van der Waals surface area contributed by atoms with E-state index >= 15 is 0 Å². The van der Waals surface area contributed by atoms with Gasteiger partial charge in [0.25, 0.3) is 0 Å². The van der Waals surface area contributed by atoms with E-state index in [1.807, 2.05) is 54.6 Å². The van der Waals surface area contributed by atoms with Crippen molar-refractivity contribution in [2.24, 2.45) is 0 Å². The first-order chi connectivity index (χ1) is 18.1. The number of hydrogen-bond acceptors (Lipinski definition) is 5. The van der Waals surface area contributed by atoms with Gasteiger partial charge in [0.05, 0.1) is 6.54 Å². The van der Waals surface area contributed by atoms with Gasteiger partial charge < -0.3 is 19.9 Å². The smallest absolute Gasteiger partial charge is 0.411 e. The Morgan fingerprint density at radius 3 is 2.05 bits per heavy atom. The third-order valence-electron chi connectivity index (χ3n) is 6.12. The zero-order valence-electron chi connectivity index (χ0n) is 21.7. The maximum Gasteiger partial charge on any atom is 0.411 e. The lowest BCUT2D eigenvalue weighted by atomic mass is 10.1. The number of carbonyl (C=O) groups is 3. The lowest BCUT2D eigenvalue weighted by Crippen LogP contribution is -2.49. The molecule has 8 nitrogen and oxygen atoms in total. The molecule has 1 fully saturated rings. The molecule has 3 aromatic carbocycles. The van der Waals surface area contributed by atoms with Crippen LogP contribution < -0.4 is 10.1 Å². The molecule has 3 aromatic rings. The van der Waals surface area contributed by atoms with E-state index in [4.69, 9.17) is 9.47 Å². The zero-order valence-corrected chi connectivity index (χ0v) is 21.7. The van der Waals surface area contributed by atoms with Crippen LogP contribution in [0.3, 0.4) is 0 Å². The molecule has 0 unspecified atom stereocenters. The van der Waals surface area contributed by atoms with Gasteiger partial charge in [-0.3, -0.25) is 9.69 Å². The molecule has 3 atom stereocenters. The van der Waals surface area contributed by atoms with Crippen LogP contribution in [-0.4, -0.2) is 52.3 Å². The predicted molar refractivity (Wildman–Crippen MR) is 143 cm³/mol. The molecule has 0 saturated carbocycles. The van der Waals surface area contributed by atoms with Crippen LogP contribution in [0.1, 0.15) is 38.8 Å². The molecule has 1 heterocycles. The Bertz CT molecular complexity index is 1260. The fourth-order valence-corrected chi connectivity index (χ4v) is 4.37. The number of rotatable bonds is 7. The van der Waals surface area contributed by atoms with Crippen molar-refractivity contribution in [3.63, 3.8) is 0 Å². The van der Waals surface area contributed by atoms with E-state index < -0.39 is 41.8 Å². The molecule has 2 amide bonds. The van der Waals surface area contributed by atoms with Crippen molar-refractivity contribution >= 4 is 18.0 Å². The lowest BCUT2D eigenvalue weighted by molar-refractivity contribution is -0.142. The Balaban J connectivity index is 1.51. The van der Waals surface area contributed by atoms with Gasteiger partial charge in [-0.1, -0.05) is 72.8 Å². The van der Waals surface area contributed by atoms with Crippen molar-refractivity contribution in [2.75, 3.05) is 6.54 Å². The van der Waals surface area contributed by atoms with Crippen LogP contribution in [0.15, 0.2) is 84.9 Å². The second-order valence-corrected chi connectivity index (χ2v) is 10.2. The number of hydrogen-bond donors (Lipinski definition) is 2. The molecule has 2 N–H and O–H groups in total. The summed E-state index contributed by atoms with van der Waals surface area (Å²) in [6.07, 6.45) is -0.956. The van der Waals surface area contributed by atoms with Gasteiger partial charge in [0, 0.05) is 6.42 Å². The lowest BCUT2D eigenvalue weighted by Gasteiger charge is -2.28. The summed E-state index contributed by atoms with van der Waals surface area (Å²) in [6.45, 7) is 5.35. The van der Waals surface area contributed by atoms with Crippen molar-refractivity contribution in [1.29, 1.82) is 0 Å². The highest BCUT2D eigenvalue weighted by molar-refractivity contribution is 5.90. The first-order valence-corrected chi connectivity index (χ1v) is 12.5. The van der Waals surface area contributed by atoms with Crippen LogP contribution in [-0.2, 0) is 14.3 Å². The highest BCUT2D eigenvalue weighted by atomic mass is 16.6. The van der Waals surface area contributed by atoms with Crippen LogP contribution in [0.2, 0.25) is 0 Å². The minimum Gasteiger partial charge on any atom is -0.488 e. The van der Waals surface area contributed by atoms with E-state index in [9.17, 15) is 19.5 Å². The van der Waals surface area contributed by atoms with Crippen molar-refractivity contribution in [1.82, 2.24) is 10.2 Å². The summed E-state index contributed by atoms with van der Waals surface area (Å²) >= 11 is 0. The first kappa shape index (κ1) is 26.7. The van der Waals surface area contributed by atoms with Crippen LogP contribution in [0.25, 0.3) is 11.1 Å². The van der Waals surface area contributed by atoms with Crippen molar-refractivity contribution in [3.8, 4) is 16.9 Å². The highest BCUT2D eigenvalue weighted by Crippen LogP contribution is 2.28. The molecular formula is C30H32N2O6. The number of carboxylic acids is 1. The Kier molecular flexibility index (Phi) is 8.00. The molecule has 0 aliphatic carbocycles. The summed E-state index contributed by atoms with van der Waals surface area (Å²) in [5, 5.41) is 12.3. The van der Waals surface area contributed by atoms with Gasteiger partial charge in [0.1, 0.15) is 23.5 Å². The van der Waals surface area contributed by atoms with E-state index in [2.05, 4.69) is 5.32 Å². The van der Waals surface area contributed by atoms with Gasteiger partial charge in [0.2, 0.25) is 5.91 Å². The van der Waals surface area contributed by atoms with Crippen LogP contribution in [0.4, 0.5) is 4.79 Å². The predicted octanol–water partition coefficient (Wildman–Crippen LogP) is 5.05. The molecule has 0 radical (unpaired) electrons. The van der Waals surface area contributed by atoms with Crippen LogP contribution >= 0.6 is 0 Å². The molecule has 38 heavy (non-hydrogen) atoms. The van der Waals surface area contributed by atoms with Crippen molar-refractivity contribution in [3.05, 3.63) is 90.5 Å². The number of nitrogens with zero attached hydrogens (tertiary/aromatic N) is 1. The summed E-state index contributed by atoms with van der Waals surface area (Å²) in [5.41, 5.74) is 1.79. The first-order valence-electron chi connectivity index (χ1n) is 12.5. The Labute approximate surface area is 222 Å². The quantitative estimate of drug-likeness (QED) is 0.455. The van der Waals surface area contributed by atoms with E-state index in [1.54, 1.807) is 51.1 Å². The SMILES string of the molecule is CC(C)(C)OC(=O)N1C[C@@H](Oc2ccc(-c3ccccc3)cc2)C[C@H]1C(=O)N[C@H](C(=O)O)c1ccccc1.